The summed E-state index contributed by atoms with van der Waals surface area (Å²) in [6, 6.07) is 0.675. The second kappa shape index (κ2) is 5.24. The average Bonchev–Trinajstić information content (AvgIpc) is 2.14. The second-order valence-corrected chi connectivity index (χ2v) is 8.96. The van der Waals surface area contributed by atoms with Crippen molar-refractivity contribution in [3.05, 3.63) is 0 Å². The monoisotopic (exact) mass is 262 g/mol. The van der Waals surface area contributed by atoms with Crippen LogP contribution < -0.4 is 5.73 Å². The van der Waals surface area contributed by atoms with Crippen LogP contribution in [0.3, 0.4) is 0 Å². The summed E-state index contributed by atoms with van der Waals surface area (Å²) < 4.78 is 23.4. The summed E-state index contributed by atoms with van der Waals surface area (Å²) >= 11 is 0. The third-order valence-electron chi connectivity index (χ3n) is 3.63. The Kier molecular flexibility index (Phi) is 4.60. The second-order valence-electron chi connectivity index (χ2n) is 6.10. The number of nitrogens with two attached hydrogens (primary N) is 1. The molecule has 0 aromatic heterocycles. The Morgan fingerprint density at radius 3 is 2.41 bits per heavy atom. The summed E-state index contributed by atoms with van der Waals surface area (Å²) in [6.07, 6.45) is 1.94. The first-order chi connectivity index (χ1) is 7.63. The van der Waals surface area contributed by atoms with Gasteiger partial charge in [0, 0.05) is 18.6 Å². The van der Waals surface area contributed by atoms with Crippen molar-refractivity contribution in [1.29, 1.82) is 0 Å². The Morgan fingerprint density at radius 1 is 1.35 bits per heavy atom. The van der Waals surface area contributed by atoms with Crippen molar-refractivity contribution in [3.63, 3.8) is 0 Å². The van der Waals surface area contributed by atoms with E-state index in [2.05, 4.69) is 11.8 Å². The van der Waals surface area contributed by atoms with Gasteiger partial charge in [-0.15, -0.1) is 0 Å². The quantitative estimate of drug-likeness (QED) is 0.824. The molecule has 1 saturated heterocycles. The highest BCUT2D eigenvalue weighted by Gasteiger charge is 2.30. The molecule has 2 N–H and O–H groups in total. The highest BCUT2D eigenvalue weighted by molar-refractivity contribution is 7.92. The normalized spacial score (nSPS) is 28.3. The first-order valence-electron chi connectivity index (χ1n) is 6.35. The zero-order valence-corrected chi connectivity index (χ0v) is 12.3. The average molecular weight is 262 g/mol. The minimum absolute atomic E-state index is 0.246. The molecule has 1 heterocycles. The standard InChI is InChI=1S/C12H26N2O2S/c1-10-9-11(13)5-6-14(10)7-8-17(15,16)12(2,3)4/h10-11H,5-9,13H2,1-4H3. The Bertz CT molecular complexity index is 346. The van der Waals surface area contributed by atoms with Crippen LogP contribution >= 0.6 is 0 Å². The topological polar surface area (TPSA) is 63.4 Å². The minimum Gasteiger partial charge on any atom is -0.328 e. The summed E-state index contributed by atoms with van der Waals surface area (Å²) in [6.45, 7) is 8.96. The maximum absolute atomic E-state index is 12.0. The molecular formula is C12H26N2O2S. The molecular weight excluding hydrogens is 236 g/mol. The van der Waals surface area contributed by atoms with Gasteiger partial charge < -0.3 is 5.73 Å². The Hall–Kier alpha value is -0.130. The fraction of sp³-hybridized carbons (Fsp3) is 1.00. The Balaban J connectivity index is 2.52. The highest BCUT2D eigenvalue weighted by atomic mass is 32.2. The molecule has 1 rings (SSSR count). The van der Waals surface area contributed by atoms with Crippen LogP contribution in [0.1, 0.15) is 40.5 Å². The van der Waals surface area contributed by atoms with Crippen molar-refractivity contribution in [2.45, 2.75) is 57.4 Å². The van der Waals surface area contributed by atoms with Crippen molar-refractivity contribution in [2.24, 2.45) is 5.73 Å². The van der Waals surface area contributed by atoms with Crippen molar-refractivity contribution < 1.29 is 8.42 Å². The van der Waals surface area contributed by atoms with Crippen LogP contribution in [0, 0.1) is 0 Å². The van der Waals surface area contributed by atoms with Gasteiger partial charge in [-0.2, -0.15) is 0 Å². The summed E-state index contributed by atoms with van der Waals surface area (Å²) in [5, 5.41) is 0. The smallest absolute Gasteiger partial charge is 0.156 e. The van der Waals surface area contributed by atoms with Crippen LogP contribution in [0.15, 0.2) is 0 Å². The number of piperidine rings is 1. The van der Waals surface area contributed by atoms with E-state index in [1.165, 1.54) is 0 Å². The molecule has 0 spiro atoms. The molecule has 0 amide bonds. The summed E-state index contributed by atoms with van der Waals surface area (Å²) in [4.78, 5) is 2.24. The van der Waals surface area contributed by atoms with E-state index in [0.717, 1.165) is 19.4 Å². The maximum Gasteiger partial charge on any atom is 0.156 e. The molecule has 5 heteroatoms. The van der Waals surface area contributed by atoms with E-state index in [-0.39, 0.29) is 11.8 Å². The van der Waals surface area contributed by atoms with Gasteiger partial charge in [0.25, 0.3) is 0 Å². The predicted octanol–water partition coefficient (Wildman–Crippen LogP) is 1.01. The molecule has 1 aliphatic rings. The predicted molar refractivity (Wildman–Crippen MR) is 71.8 cm³/mol. The van der Waals surface area contributed by atoms with Crippen molar-refractivity contribution >= 4 is 9.84 Å². The Morgan fingerprint density at radius 2 is 1.94 bits per heavy atom. The molecule has 0 aliphatic carbocycles. The SMILES string of the molecule is CC1CC(N)CCN1CCS(=O)(=O)C(C)(C)C. The van der Waals surface area contributed by atoms with Gasteiger partial charge in [0.05, 0.1) is 10.5 Å². The number of hydrogen-bond acceptors (Lipinski definition) is 4. The lowest BCUT2D eigenvalue weighted by atomic mass is 9.99. The number of nitrogens with zero attached hydrogens (tertiary/aromatic N) is 1. The van der Waals surface area contributed by atoms with Crippen LogP contribution in [-0.4, -0.2) is 49.0 Å². The molecule has 17 heavy (non-hydrogen) atoms. The molecule has 0 bridgehead atoms. The van der Waals surface area contributed by atoms with E-state index >= 15 is 0 Å². The van der Waals surface area contributed by atoms with Gasteiger partial charge in [-0.25, -0.2) is 8.42 Å². The van der Waals surface area contributed by atoms with E-state index < -0.39 is 14.6 Å². The summed E-state index contributed by atoms with van der Waals surface area (Å²) in [5.41, 5.74) is 5.89. The number of likely N-dealkylation sites (tertiary alicyclic amines) is 1. The molecule has 2 unspecified atom stereocenters. The van der Waals surface area contributed by atoms with Crippen LogP contribution in [0.5, 0.6) is 0 Å². The molecule has 4 nitrogen and oxygen atoms in total. The van der Waals surface area contributed by atoms with Crippen molar-refractivity contribution in [1.82, 2.24) is 4.90 Å². The van der Waals surface area contributed by atoms with E-state index in [0.29, 0.717) is 12.6 Å². The fourth-order valence-corrected chi connectivity index (χ4v) is 3.22. The molecule has 1 fully saturated rings. The van der Waals surface area contributed by atoms with Crippen LogP contribution in [0.4, 0.5) is 0 Å². The first kappa shape index (κ1) is 14.9. The maximum atomic E-state index is 12.0. The van der Waals surface area contributed by atoms with Crippen molar-refractivity contribution in [2.75, 3.05) is 18.8 Å². The zero-order valence-electron chi connectivity index (χ0n) is 11.4. The molecule has 0 aromatic rings. The van der Waals surface area contributed by atoms with Gasteiger partial charge >= 0.3 is 0 Å². The number of sulfone groups is 1. The van der Waals surface area contributed by atoms with Crippen LogP contribution in [-0.2, 0) is 9.84 Å². The van der Waals surface area contributed by atoms with Gasteiger partial charge in [-0.05, 0) is 47.1 Å². The number of rotatable bonds is 3. The van der Waals surface area contributed by atoms with Crippen molar-refractivity contribution in [3.8, 4) is 0 Å². The summed E-state index contributed by atoms with van der Waals surface area (Å²) in [5.74, 6) is 0.246. The van der Waals surface area contributed by atoms with Gasteiger partial charge in [0.2, 0.25) is 0 Å². The molecule has 1 aliphatic heterocycles. The molecule has 0 saturated carbocycles. The minimum atomic E-state index is -3.01. The largest absolute Gasteiger partial charge is 0.328 e. The first-order valence-corrected chi connectivity index (χ1v) is 8.00. The van der Waals surface area contributed by atoms with E-state index in [4.69, 9.17) is 5.73 Å². The van der Waals surface area contributed by atoms with Gasteiger partial charge in [0.15, 0.2) is 9.84 Å². The lowest BCUT2D eigenvalue weighted by Crippen LogP contribution is -2.47. The zero-order chi connectivity index (χ0) is 13.3. The fourth-order valence-electron chi connectivity index (χ4n) is 2.13. The lowest BCUT2D eigenvalue weighted by Gasteiger charge is -2.36. The molecule has 102 valence electrons. The molecule has 0 radical (unpaired) electrons. The van der Waals surface area contributed by atoms with Gasteiger partial charge in [-0.1, -0.05) is 0 Å². The van der Waals surface area contributed by atoms with E-state index in [1.54, 1.807) is 20.8 Å². The van der Waals surface area contributed by atoms with Crippen LogP contribution in [0.25, 0.3) is 0 Å². The van der Waals surface area contributed by atoms with Crippen LogP contribution in [0.2, 0.25) is 0 Å². The summed E-state index contributed by atoms with van der Waals surface area (Å²) in [7, 11) is -3.01. The van der Waals surface area contributed by atoms with E-state index in [1.807, 2.05) is 0 Å². The van der Waals surface area contributed by atoms with E-state index in [9.17, 15) is 8.42 Å². The highest BCUT2D eigenvalue weighted by Crippen LogP contribution is 2.19. The Labute approximate surface area is 105 Å². The van der Waals surface area contributed by atoms with Gasteiger partial charge in [0.1, 0.15) is 0 Å². The van der Waals surface area contributed by atoms with Gasteiger partial charge in [-0.3, -0.25) is 4.90 Å². The molecule has 2 atom stereocenters. The third-order valence-corrected chi connectivity index (χ3v) is 6.22. The third kappa shape index (κ3) is 3.93. The molecule has 0 aromatic carbocycles. The lowest BCUT2D eigenvalue weighted by molar-refractivity contribution is 0.156. The number of hydrogen-bond donors (Lipinski definition) is 1.